The third-order valence-electron chi connectivity index (χ3n) is 3.45. The van der Waals surface area contributed by atoms with Crippen LogP contribution in [-0.2, 0) is 16.0 Å². The maximum Gasteiger partial charge on any atom is 0.310 e. The molecule has 0 saturated heterocycles. The summed E-state index contributed by atoms with van der Waals surface area (Å²) in [4.78, 5) is 11.7. The van der Waals surface area contributed by atoms with Crippen LogP contribution >= 0.6 is 0 Å². The van der Waals surface area contributed by atoms with Gasteiger partial charge in [0.1, 0.15) is 5.82 Å². The zero-order chi connectivity index (χ0) is 15.6. The van der Waals surface area contributed by atoms with Crippen molar-refractivity contribution >= 4 is 5.97 Å². The van der Waals surface area contributed by atoms with Crippen LogP contribution in [0.15, 0.2) is 18.2 Å². The molecule has 0 radical (unpaired) electrons. The Morgan fingerprint density at radius 1 is 1.33 bits per heavy atom. The minimum atomic E-state index is -0.274. The van der Waals surface area contributed by atoms with E-state index in [9.17, 15) is 9.18 Å². The summed E-state index contributed by atoms with van der Waals surface area (Å²) in [5.41, 5.74) is 4.12. The monoisotopic (exact) mass is 290 g/mol. The van der Waals surface area contributed by atoms with Crippen LogP contribution in [0, 0.1) is 26.6 Å². The lowest BCUT2D eigenvalue weighted by Crippen LogP contribution is -2.09. The molecule has 0 fully saturated rings. The normalized spacial score (nSPS) is 10.7. The Bertz CT molecular complexity index is 677. The number of benzene rings is 1. The molecule has 1 aromatic heterocycles. The van der Waals surface area contributed by atoms with Crippen LogP contribution in [-0.4, -0.2) is 22.4 Å². The first-order valence-electron chi connectivity index (χ1n) is 6.91. The average Bonchev–Trinajstić information content (AvgIpc) is 2.67. The number of nitrogens with zero attached hydrogens (tertiary/aromatic N) is 2. The summed E-state index contributed by atoms with van der Waals surface area (Å²) >= 11 is 0. The first kappa shape index (κ1) is 15.2. The number of hydrogen-bond acceptors (Lipinski definition) is 3. The Kier molecular flexibility index (Phi) is 4.40. The highest BCUT2D eigenvalue weighted by Gasteiger charge is 2.17. The number of ether oxygens (including phenoxy) is 1. The molecule has 2 rings (SSSR count). The van der Waals surface area contributed by atoms with E-state index in [1.807, 2.05) is 20.8 Å². The lowest BCUT2D eigenvalue weighted by atomic mass is 10.1. The minimum Gasteiger partial charge on any atom is -0.466 e. The van der Waals surface area contributed by atoms with Crippen molar-refractivity contribution in [1.82, 2.24) is 9.78 Å². The molecule has 0 aliphatic carbocycles. The summed E-state index contributed by atoms with van der Waals surface area (Å²) in [5.74, 6) is -0.538. The van der Waals surface area contributed by atoms with Crippen molar-refractivity contribution in [1.29, 1.82) is 0 Å². The number of esters is 1. The van der Waals surface area contributed by atoms with Crippen LogP contribution in [0.3, 0.4) is 0 Å². The molecular weight excluding hydrogens is 271 g/mol. The molecule has 0 amide bonds. The molecule has 1 heterocycles. The number of carbonyl (C=O) groups excluding carboxylic acids is 1. The van der Waals surface area contributed by atoms with Crippen molar-refractivity contribution in [2.24, 2.45) is 0 Å². The Morgan fingerprint density at radius 2 is 2.05 bits per heavy atom. The summed E-state index contributed by atoms with van der Waals surface area (Å²) in [5, 5.41) is 4.47. The average molecular weight is 290 g/mol. The summed E-state index contributed by atoms with van der Waals surface area (Å²) < 4.78 is 19.9. The van der Waals surface area contributed by atoms with Gasteiger partial charge in [0.15, 0.2) is 0 Å². The van der Waals surface area contributed by atoms with Gasteiger partial charge in [0, 0.05) is 11.3 Å². The zero-order valence-electron chi connectivity index (χ0n) is 12.7. The van der Waals surface area contributed by atoms with E-state index < -0.39 is 0 Å². The van der Waals surface area contributed by atoms with Crippen molar-refractivity contribution in [2.45, 2.75) is 34.1 Å². The maximum atomic E-state index is 13.2. The van der Waals surface area contributed by atoms with Gasteiger partial charge in [-0.2, -0.15) is 5.10 Å². The highest BCUT2D eigenvalue weighted by atomic mass is 19.1. The van der Waals surface area contributed by atoms with Gasteiger partial charge in [0.2, 0.25) is 0 Å². The second-order valence-electron chi connectivity index (χ2n) is 4.97. The second-order valence-corrected chi connectivity index (χ2v) is 4.97. The molecule has 112 valence electrons. The van der Waals surface area contributed by atoms with Crippen molar-refractivity contribution in [3.8, 4) is 5.69 Å². The molecule has 4 nitrogen and oxygen atoms in total. The van der Waals surface area contributed by atoms with Crippen LogP contribution in [0.1, 0.15) is 29.4 Å². The van der Waals surface area contributed by atoms with Crippen LogP contribution in [0.25, 0.3) is 5.69 Å². The minimum absolute atomic E-state index is 0.200. The standard InChI is InChI=1S/C16H19FN2O2/c1-5-21-16(20)9-14-11(3)18-19(12(14)4)15-7-6-13(17)8-10(15)2/h6-8H,5,9H2,1-4H3. The number of aryl methyl sites for hydroxylation is 2. The van der Waals surface area contributed by atoms with E-state index >= 15 is 0 Å². The van der Waals surface area contributed by atoms with Gasteiger partial charge in [0.05, 0.1) is 24.4 Å². The Hall–Kier alpha value is -2.17. The van der Waals surface area contributed by atoms with Gasteiger partial charge < -0.3 is 4.74 Å². The Balaban J connectivity index is 2.41. The van der Waals surface area contributed by atoms with E-state index in [0.717, 1.165) is 28.2 Å². The number of aromatic nitrogens is 2. The Morgan fingerprint density at radius 3 is 2.67 bits per heavy atom. The van der Waals surface area contributed by atoms with Gasteiger partial charge in [0.25, 0.3) is 0 Å². The van der Waals surface area contributed by atoms with Crippen molar-refractivity contribution in [2.75, 3.05) is 6.61 Å². The summed E-state index contributed by atoms with van der Waals surface area (Å²) in [7, 11) is 0. The molecule has 0 aliphatic rings. The molecular formula is C16H19FN2O2. The summed E-state index contributed by atoms with van der Waals surface area (Å²) in [6.45, 7) is 7.74. The van der Waals surface area contributed by atoms with Crippen molar-refractivity contribution in [3.63, 3.8) is 0 Å². The largest absolute Gasteiger partial charge is 0.466 e. The van der Waals surface area contributed by atoms with E-state index in [1.165, 1.54) is 12.1 Å². The van der Waals surface area contributed by atoms with Crippen molar-refractivity contribution < 1.29 is 13.9 Å². The van der Waals surface area contributed by atoms with E-state index in [1.54, 1.807) is 17.7 Å². The van der Waals surface area contributed by atoms with Gasteiger partial charge >= 0.3 is 5.97 Å². The van der Waals surface area contributed by atoms with Gasteiger partial charge in [-0.1, -0.05) is 0 Å². The smallest absolute Gasteiger partial charge is 0.310 e. The van der Waals surface area contributed by atoms with Crippen molar-refractivity contribution in [3.05, 3.63) is 46.5 Å². The predicted molar refractivity (Wildman–Crippen MR) is 78.1 cm³/mol. The lowest BCUT2D eigenvalue weighted by molar-refractivity contribution is -0.142. The second kappa shape index (κ2) is 6.08. The molecule has 1 aromatic carbocycles. The van der Waals surface area contributed by atoms with E-state index in [-0.39, 0.29) is 18.2 Å². The molecule has 21 heavy (non-hydrogen) atoms. The number of hydrogen-bond donors (Lipinski definition) is 0. The van der Waals surface area contributed by atoms with Crippen LogP contribution in [0.4, 0.5) is 4.39 Å². The number of carbonyl (C=O) groups is 1. The van der Waals surface area contributed by atoms with Gasteiger partial charge in [-0.15, -0.1) is 0 Å². The predicted octanol–water partition coefficient (Wildman–Crippen LogP) is 3.04. The first-order valence-corrected chi connectivity index (χ1v) is 6.91. The van der Waals surface area contributed by atoms with E-state index in [4.69, 9.17) is 4.74 Å². The van der Waals surface area contributed by atoms with Gasteiger partial charge in [-0.05, 0) is 51.5 Å². The molecule has 2 aromatic rings. The first-order chi connectivity index (χ1) is 9.93. The molecule has 0 N–H and O–H groups in total. The fourth-order valence-corrected chi connectivity index (χ4v) is 2.38. The fourth-order valence-electron chi connectivity index (χ4n) is 2.38. The highest BCUT2D eigenvalue weighted by molar-refractivity contribution is 5.73. The molecule has 0 spiro atoms. The molecule has 0 bridgehead atoms. The molecule has 0 unspecified atom stereocenters. The molecule has 0 aliphatic heterocycles. The van der Waals surface area contributed by atoms with Crippen LogP contribution in [0.2, 0.25) is 0 Å². The van der Waals surface area contributed by atoms with E-state index in [0.29, 0.717) is 6.61 Å². The van der Waals surface area contributed by atoms with Gasteiger partial charge in [-0.25, -0.2) is 9.07 Å². The summed E-state index contributed by atoms with van der Waals surface area (Å²) in [6, 6.07) is 4.57. The fraction of sp³-hybridized carbons (Fsp3) is 0.375. The zero-order valence-corrected chi connectivity index (χ0v) is 12.7. The molecule has 5 heteroatoms. The molecule has 0 saturated carbocycles. The van der Waals surface area contributed by atoms with Crippen LogP contribution in [0.5, 0.6) is 0 Å². The lowest BCUT2D eigenvalue weighted by Gasteiger charge is -2.09. The third-order valence-corrected chi connectivity index (χ3v) is 3.45. The van der Waals surface area contributed by atoms with Gasteiger partial charge in [-0.3, -0.25) is 4.79 Å². The summed E-state index contributed by atoms with van der Waals surface area (Å²) in [6.07, 6.45) is 0.200. The van der Waals surface area contributed by atoms with E-state index in [2.05, 4.69) is 5.10 Å². The Labute approximate surface area is 123 Å². The highest BCUT2D eigenvalue weighted by Crippen LogP contribution is 2.21. The van der Waals surface area contributed by atoms with Crippen LogP contribution < -0.4 is 0 Å². The maximum absolute atomic E-state index is 13.2. The molecule has 0 atom stereocenters. The number of halogens is 1. The quantitative estimate of drug-likeness (QED) is 0.813. The SMILES string of the molecule is CCOC(=O)Cc1c(C)nn(-c2ccc(F)cc2C)c1C. The third kappa shape index (κ3) is 3.12. The number of rotatable bonds is 4. The topological polar surface area (TPSA) is 44.1 Å².